The molecule has 2 rings (SSSR count). The predicted octanol–water partition coefficient (Wildman–Crippen LogP) is 2.36. The first kappa shape index (κ1) is 16.2. The average Bonchev–Trinajstić information content (AvgIpc) is 2.90. The SMILES string of the molecule is CCCNCCCCS(=O)(=O)N1CCCC2CCCC21. The van der Waals surface area contributed by atoms with Gasteiger partial charge in [0.1, 0.15) is 0 Å². The zero-order valence-electron chi connectivity index (χ0n) is 12.8. The summed E-state index contributed by atoms with van der Waals surface area (Å²) >= 11 is 0. The summed E-state index contributed by atoms with van der Waals surface area (Å²) in [6, 6.07) is 0.326. The molecule has 0 spiro atoms. The number of rotatable bonds is 8. The maximum Gasteiger partial charge on any atom is 0.214 e. The molecular formula is C15H30N2O2S. The van der Waals surface area contributed by atoms with Crippen molar-refractivity contribution in [2.24, 2.45) is 5.92 Å². The first-order chi connectivity index (χ1) is 9.65. The largest absolute Gasteiger partial charge is 0.317 e. The Kier molecular flexibility index (Phi) is 6.30. The van der Waals surface area contributed by atoms with Gasteiger partial charge in [-0.1, -0.05) is 13.3 Å². The van der Waals surface area contributed by atoms with Gasteiger partial charge < -0.3 is 5.32 Å². The molecule has 2 unspecified atom stereocenters. The fraction of sp³-hybridized carbons (Fsp3) is 1.00. The third-order valence-electron chi connectivity index (χ3n) is 4.73. The summed E-state index contributed by atoms with van der Waals surface area (Å²) in [5.41, 5.74) is 0. The molecule has 1 saturated heterocycles. The summed E-state index contributed by atoms with van der Waals surface area (Å²) in [5.74, 6) is 0.981. The fourth-order valence-corrected chi connectivity index (χ4v) is 5.61. The third-order valence-corrected chi connectivity index (χ3v) is 6.70. The van der Waals surface area contributed by atoms with Crippen LogP contribution in [-0.2, 0) is 10.0 Å². The number of nitrogens with zero attached hydrogens (tertiary/aromatic N) is 1. The summed E-state index contributed by atoms with van der Waals surface area (Å²) in [6.45, 7) is 4.88. The molecule has 1 aliphatic carbocycles. The molecule has 1 heterocycles. The smallest absolute Gasteiger partial charge is 0.214 e. The van der Waals surface area contributed by atoms with Gasteiger partial charge in [0, 0.05) is 12.6 Å². The Morgan fingerprint density at radius 2 is 1.90 bits per heavy atom. The number of piperidine rings is 1. The summed E-state index contributed by atoms with van der Waals surface area (Å²) < 4.78 is 26.9. The molecule has 0 aromatic carbocycles. The van der Waals surface area contributed by atoms with Gasteiger partial charge in [-0.3, -0.25) is 0 Å². The van der Waals surface area contributed by atoms with Crippen LogP contribution in [0, 0.1) is 5.92 Å². The van der Waals surface area contributed by atoms with E-state index in [4.69, 9.17) is 0 Å². The van der Waals surface area contributed by atoms with E-state index in [2.05, 4.69) is 12.2 Å². The second-order valence-corrected chi connectivity index (χ2v) is 8.33. The van der Waals surface area contributed by atoms with E-state index in [0.29, 0.717) is 17.7 Å². The molecule has 1 saturated carbocycles. The first-order valence-electron chi connectivity index (χ1n) is 8.35. The number of fused-ring (bicyclic) bond motifs is 1. The molecule has 1 N–H and O–H groups in total. The van der Waals surface area contributed by atoms with Crippen molar-refractivity contribution in [1.82, 2.24) is 9.62 Å². The van der Waals surface area contributed by atoms with E-state index in [1.807, 2.05) is 4.31 Å². The Hall–Kier alpha value is -0.130. The fourth-order valence-electron chi connectivity index (χ4n) is 3.71. The van der Waals surface area contributed by atoms with Crippen LogP contribution >= 0.6 is 0 Å². The minimum Gasteiger partial charge on any atom is -0.317 e. The van der Waals surface area contributed by atoms with Crippen molar-refractivity contribution in [3.8, 4) is 0 Å². The lowest BCUT2D eigenvalue weighted by Gasteiger charge is -2.36. The lowest BCUT2D eigenvalue weighted by atomic mass is 9.94. The van der Waals surface area contributed by atoms with Crippen LogP contribution in [0.2, 0.25) is 0 Å². The van der Waals surface area contributed by atoms with Crippen molar-refractivity contribution >= 4 is 10.0 Å². The van der Waals surface area contributed by atoms with Crippen LogP contribution in [0.25, 0.3) is 0 Å². The van der Waals surface area contributed by atoms with Crippen molar-refractivity contribution in [2.75, 3.05) is 25.4 Å². The number of hydrogen-bond donors (Lipinski definition) is 1. The molecule has 2 fully saturated rings. The van der Waals surface area contributed by atoms with E-state index in [9.17, 15) is 8.42 Å². The Bertz CT molecular complexity index is 383. The molecule has 0 aromatic rings. The van der Waals surface area contributed by atoms with Crippen molar-refractivity contribution in [2.45, 2.75) is 64.3 Å². The van der Waals surface area contributed by atoms with Crippen LogP contribution in [0.4, 0.5) is 0 Å². The normalized spacial score (nSPS) is 27.6. The van der Waals surface area contributed by atoms with Gasteiger partial charge in [0.15, 0.2) is 0 Å². The van der Waals surface area contributed by atoms with Crippen molar-refractivity contribution in [3.05, 3.63) is 0 Å². The number of hydrogen-bond acceptors (Lipinski definition) is 3. The van der Waals surface area contributed by atoms with Gasteiger partial charge >= 0.3 is 0 Å². The van der Waals surface area contributed by atoms with E-state index in [1.54, 1.807) is 0 Å². The Morgan fingerprint density at radius 3 is 2.70 bits per heavy atom. The van der Waals surface area contributed by atoms with Gasteiger partial charge in [0.2, 0.25) is 10.0 Å². The van der Waals surface area contributed by atoms with Crippen LogP contribution in [0.3, 0.4) is 0 Å². The van der Waals surface area contributed by atoms with E-state index < -0.39 is 10.0 Å². The Balaban J connectivity index is 1.77. The van der Waals surface area contributed by atoms with Crippen LogP contribution in [-0.4, -0.2) is 44.2 Å². The monoisotopic (exact) mass is 302 g/mol. The summed E-state index contributed by atoms with van der Waals surface area (Å²) in [4.78, 5) is 0. The number of nitrogens with one attached hydrogen (secondary N) is 1. The molecule has 0 aromatic heterocycles. The number of unbranched alkanes of at least 4 members (excludes halogenated alkanes) is 1. The molecule has 0 bridgehead atoms. The summed E-state index contributed by atoms with van der Waals surface area (Å²) in [7, 11) is -3.02. The lowest BCUT2D eigenvalue weighted by molar-refractivity contribution is 0.202. The molecule has 5 heteroatoms. The Morgan fingerprint density at radius 1 is 1.10 bits per heavy atom. The van der Waals surface area contributed by atoms with Crippen molar-refractivity contribution in [1.29, 1.82) is 0 Å². The van der Waals surface area contributed by atoms with E-state index in [0.717, 1.165) is 51.7 Å². The van der Waals surface area contributed by atoms with Gasteiger partial charge in [-0.2, -0.15) is 4.31 Å². The summed E-state index contributed by atoms with van der Waals surface area (Å²) in [5, 5.41) is 3.33. The highest BCUT2D eigenvalue weighted by atomic mass is 32.2. The van der Waals surface area contributed by atoms with E-state index in [1.165, 1.54) is 19.3 Å². The second-order valence-electron chi connectivity index (χ2n) is 6.28. The topological polar surface area (TPSA) is 49.4 Å². The average molecular weight is 302 g/mol. The van der Waals surface area contributed by atoms with Crippen LogP contribution in [0.1, 0.15) is 58.3 Å². The second kappa shape index (κ2) is 7.76. The highest BCUT2D eigenvalue weighted by molar-refractivity contribution is 7.89. The zero-order chi connectivity index (χ0) is 14.4. The highest BCUT2D eigenvalue weighted by Gasteiger charge is 2.40. The van der Waals surface area contributed by atoms with Crippen molar-refractivity contribution < 1.29 is 8.42 Å². The molecule has 118 valence electrons. The Labute approximate surface area is 124 Å². The number of sulfonamides is 1. The maximum absolute atomic E-state index is 12.5. The zero-order valence-corrected chi connectivity index (χ0v) is 13.6. The van der Waals surface area contributed by atoms with E-state index in [-0.39, 0.29) is 0 Å². The molecule has 2 atom stereocenters. The van der Waals surface area contributed by atoms with Crippen molar-refractivity contribution in [3.63, 3.8) is 0 Å². The standard InChI is InChI=1S/C15H30N2O2S/c1-2-10-16-11-3-4-13-20(18,19)17-12-6-8-14-7-5-9-15(14)17/h14-16H,2-13H2,1H3. The van der Waals surface area contributed by atoms with E-state index >= 15 is 0 Å². The van der Waals surface area contributed by atoms with Crippen LogP contribution in [0.5, 0.6) is 0 Å². The van der Waals surface area contributed by atoms with Crippen LogP contribution in [0.15, 0.2) is 0 Å². The highest BCUT2D eigenvalue weighted by Crippen LogP contribution is 2.38. The minimum atomic E-state index is -3.02. The van der Waals surface area contributed by atoms with Crippen LogP contribution < -0.4 is 5.32 Å². The molecule has 1 aliphatic heterocycles. The van der Waals surface area contributed by atoms with Gasteiger partial charge in [0.25, 0.3) is 0 Å². The lowest BCUT2D eigenvalue weighted by Crippen LogP contribution is -2.47. The predicted molar refractivity (Wildman–Crippen MR) is 83.3 cm³/mol. The molecular weight excluding hydrogens is 272 g/mol. The molecule has 2 aliphatic rings. The van der Waals surface area contributed by atoms with Gasteiger partial charge in [-0.05, 0) is 64.0 Å². The maximum atomic E-state index is 12.5. The quantitative estimate of drug-likeness (QED) is 0.700. The summed E-state index contributed by atoms with van der Waals surface area (Å²) in [6.07, 6.45) is 8.70. The van der Waals surface area contributed by atoms with Gasteiger partial charge in [0.05, 0.1) is 5.75 Å². The minimum absolute atomic E-state index is 0.326. The van der Waals surface area contributed by atoms with Gasteiger partial charge in [-0.15, -0.1) is 0 Å². The molecule has 0 amide bonds. The first-order valence-corrected chi connectivity index (χ1v) is 9.96. The molecule has 20 heavy (non-hydrogen) atoms. The van der Waals surface area contributed by atoms with Gasteiger partial charge in [-0.25, -0.2) is 8.42 Å². The molecule has 4 nitrogen and oxygen atoms in total. The third kappa shape index (κ3) is 4.18. The molecule has 0 radical (unpaired) electrons.